The van der Waals surface area contributed by atoms with E-state index in [-0.39, 0.29) is 5.78 Å². The molecule has 2 aromatic rings. The number of thiophene rings is 1. The van der Waals surface area contributed by atoms with Gasteiger partial charge in [-0.1, -0.05) is 12.1 Å². The van der Waals surface area contributed by atoms with Crippen molar-refractivity contribution in [2.24, 2.45) is 0 Å². The number of benzene rings is 1. The Bertz CT molecular complexity index is 561. The Morgan fingerprint density at radius 2 is 2.10 bits per heavy atom. The SMILES string of the molecule is CCOc1ccc(CCC(=O)c2cccs2)cc1OC. The monoisotopic (exact) mass is 290 g/mol. The molecule has 0 saturated carbocycles. The van der Waals surface area contributed by atoms with Gasteiger partial charge < -0.3 is 9.47 Å². The number of ketones is 1. The van der Waals surface area contributed by atoms with Crippen LogP contribution in [-0.4, -0.2) is 19.5 Å². The van der Waals surface area contributed by atoms with Gasteiger partial charge in [-0.3, -0.25) is 4.79 Å². The summed E-state index contributed by atoms with van der Waals surface area (Å²) in [5.74, 6) is 1.64. The fourth-order valence-corrected chi connectivity index (χ4v) is 2.65. The molecule has 0 amide bonds. The summed E-state index contributed by atoms with van der Waals surface area (Å²) in [7, 11) is 1.62. The Morgan fingerprint density at radius 1 is 1.25 bits per heavy atom. The van der Waals surface area contributed by atoms with Gasteiger partial charge in [-0.15, -0.1) is 11.3 Å². The molecule has 20 heavy (non-hydrogen) atoms. The van der Waals surface area contributed by atoms with Crippen LogP contribution in [0.1, 0.15) is 28.6 Å². The van der Waals surface area contributed by atoms with E-state index in [2.05, 4.69) is 0 Å². The van der Waals surface area contributed by atoms with Crippen molar-refractivity contribution in [3.05, 3.63) is 46.2 Å². The summed E-state index contributed by atoms with van der Waals surface area (Å²) in [4.78, 5) is 12.8. The van der Waals surface area contributed by atoms with E-state index in [1.807, 2.05) is 42.6 Å². The van der Waals surface area contributed by atoms with Crippen LogP contribution < -0.4 is 9.47 Å². The minimum absolute atomic E-state index is 0.188. The molecule has 0 saturated heterocycles. The number of carbonyl (C=O) groups excluding carboxylic acids is 1. The summed E-state index contributed by atoms with van der Waals surface area (Å²) in [5, 5.41) is 1.92. The maximum atomic E-state index is 12.0. The number of hydrogen-bond donors (Lipinski definition) is 0. The van der Waals surface area contributed by atoms with Gasteiger partial charge in [0.15, 0.2) is 17.3 Å². The fourth-order valence-electron chi connectivity index (χ4n) is 1.96. The predicted octanol–water partition coefficient (Wildman–Crippen LogP) is 3.97. The predicted molar refractivity (Wildman–Crippen MR) is 81.1 cm³/mol. The van der Waals surface area contributed by atoms with Crippen molar-refractivity contribution >= 4 is 17.1 Å². The van der Waals surface area contributed by atoms with Crippen molar-refractivity contribution in [3.63, 3.8) is 0 Å². The van der Waals surface area contributed by atoms with Crippen molar-refractivity contribution in [1.29, 1.82) is 0 Å². The van der Waals surface area contributed by atoms with Gasteiger partial charge in [-0.2, -0.15) is 0 Å². The average Bonchev–Trinajstić information content (AvgIpc) is 3.00. The number of rotatable bonds is 7. The van der Waals surface area contributed by atoms with E-state index in [0.717, 1.165) is 16.2 Å². The third-order valence-corrected chi connectivity index (χ3v) is 3.88. The van der Waals surface area contributed by atoms with Crippen LogP contribution in [0.5, 0.6) is 11.5 Å². The molecule has 3 nitrogen and oxygen atoms in total. The Balaban J connectivity index is 2.01. The molecule has 0 fully saturated rings. The van der Waals surface area contributed by atoms with Gasteiger partial charge >= 0.3 is 0 Å². The topological polar surface area (TPSA) is 35.5 Å². The van der Waals surface area contributed by atoms with E-state index in [4.69, 9.17) is 9.47 Å². The molecule has 1 aromatic heterocycles. The van der Waals surface area contributed by atoms with Gasteiger partial charge in [0, 0.05) is 6.42 Å². The Labute approximate surface area is 123 Å². The molecular weight excluding hydrogens is 272 g/mol. The smallest absolute Gasteiger partial charge is 0.173 e. The van der Waals surface area contributed by atoms with E-state index in [1.54, 1.807) is 7.11 Å². The highest BCUT2D eigenvalue weighted by atomic mass is 32.1. The molecule has 0 aliphatic rings. The average molecular weight is 290 g/mol. The molecule has 0 aliphatic heterocycles. The highest BCUT2D eigenvalue weighted by Crippen LogP contribution is 2.28. The molecule has 2 rings (SSSR count). The van der Waals surface area contributed by atoms with Crippen LogP contribution in [-0.2, 0) is 6.42 Å². The molecule has 0 N–H and O–H groups in total. The van der Waals surface area contributed by atoms with E-state index in [9.17, 15) is 4.79 Å². The number of aryl methyl sites for hydroxylation is 1. The van der Waals surface area contributed by atoms with Gasteiger partial charge in [0.2, 0.25) is 0 Å². The highest BCUT2D eigenvalue weighted by molar-refractivity contribution is 7.12. The van der Waals surface area contributed by atoms with Crippen LogP contribution in [0.25, 0.3) is 0 Å². The second kappa shape index (κ2) is 7.10. The van der Waals surface area contributed by atoms with Crippen LogP contribution in [0.2, 0.25) is 0 Å². The van der Waals surface area contributed by atoms with E-state index < -0.39 is 0 Å². The molecule has 4 heteroatoms. The largest absolute Gasteiger partial charge is 0.493 e. The third-order valence-electron chi connectivity index (χ3n) is 2.96. The van der Waals surface area contributed by atoms with Crippen molar-refractivity contribution in [3.8, 4) is 11.5 Å². The molecule has 0 spiro atoms. The first-order valence-electron chi connectivity index (χ1n) is 6.61. The second-order valence-electron chi connectivity index (χ2n) is 4.32. The van der Waals surface area contributed by atoms with Crippen LogP contribution in [0.4, 0.5) is 0 Å². The van der Waals surface area contributed by atoms with Crippen LogP contribution in [0.15, 0.2) is 35.7 Å². The van der Waals surface area contributed by atoms with E-state index in [1.165, 1.54) is 11.3 Å². The minimum atomic E-state index is 0.188. The quantitative estimate of drug-likeness (QED) is 0.724. The number of Topliss-reactive ketones (excluding diaryl/α,β-unsaturated/α-hetero) is 1. The lowest BCUT2D eigenvalue weighted by Crippen LogP contribution is -2.00. The lowest BCUT2D eigenvalue weighted by atomic mass is 10.1. The van der Waals surface area contributed by atoms with Gasteiger partial charge in [-0.25, -0.2) is 0 Å². The van der Waals surface area contributed by atoms with Gasteiger partial charge in [-0.05, 0) is 42.5 Å². The first kappa shape index (κ1) is 14.6. The first-order chi connectivity index (χ1) is 9.74. The Morgan fingerprint density at radius 3 is 2.75 bits per heavy atom. The zero-order chi connectivity index (χ0) is 14.4. The Hall–Kier alpha value is -1.81. The molecule has 1 aromatic carbocycles. The normalized spacial score (nSPS) is 10.3. The zero-order valence-electron chi connectivity index (χ0n) is 11.7. The molecule has 0 atom stereocenters. The Kier molecular flexibility index (Phi) is 5.18. The first-order valence-corrected chi connectivity index (χ1v) is 7.49. The number of hydrogen-bond acceptors (Lipinski definition) is 4. The molecule has 0 unspecified atom stereocenters. The molecule has 0 bridgehead atoms. The molecule has 106 valence electrons. The van der Waals surface area contributed by atoms with Gasteiger partial charge in [0.1, 0.15) is 0 Å². The third kappa shape index (κ3) is 3.61. The molecule has 0 aliphatic carbocycles. The summed E-state index contributed by atoms with van der Waals surface area (Å²) < 4.78 is 10.8. The lowest BCUT2D eigenvalue weighted by molar-refractivity contribution is 0.0986. The maximum absolute atomic E-state index is 12.0. The van der Waals surface area contributed by atoms with E-state index >= 15 is 0 Å². The van der Waals surface area contributed by atoms with Crippen LogP contribution in [0, 0.1) is 0 Å². The molecule has 1 heterocycles. The lowest BCUT2D eigenvalue weighted by Gasteiger charge is -2.10. The summed E-state index contributed by atoms with van der Waals surface area (Å²) in [6.07, 6.45) is 1.22. The fraction of sp³-hybridized carbons (Fsp3) is 0.312. The number of carbonyl (C=O) groups is 1. The van der Waals surface area contributed by atoms with Crippen LogP contribution >= 0.6 is 11.3 Å². The second-order valence-corrected chi connectivity index (χ2v) is 5.27. The summed E-state index contributed by atoms with van der Waals surface area (Å²) in [6.45, 7) is 2.54. The summed E-state index contributed by atoms with van der Waals surface area (Å²) in [6, 6.07) is 9.58. The number of ether oxygens (including phenoxy) is 2. The summed E-state index contributed by atoms with van der Waals surface area (Å²) in [5.41, 5.74) is 1.08. The molecular formula is C16H18O3S. The van der Waals surface area contributed by atoms with Crippen molar-refractivity contribution < 1.29 is 14.3 Å². The van der Waals surface area contributed by atoms with E-state index in [0.29, 0.717) is 25.2 Å². The number of methoxy groups -OCH3 is 1. The van der Waals surface area contributed by atoms with Gasteiger partial charge in [0.05, 0.1) is 18.6 Å². The van der Waals surface area contributed by atoms with Crippen molar-refractivity contribution in [2.75, 3.05) is 13.7 Å². The standard InChI is InChI=1S/C16H18O3S/c1-3-19-14-9-7-12(11-15(14)18-2)6-8-13(17)16-5-4-10-20-16/h4-5,7,9-11H,3,6,8H2,1-2H3. The van der Waals surface area contributed by atoms with Crippen molar-refractivity contribution in [2.45, 2.75) is 19.8 Å². The highest BCUT2D eigenvalue weighted by Gasteiger charge is 2.09. The van der Waals surface area contributed by atoms with Crippen molar-refractivity contribution in [1.82, 2.24) is 0 Å². The summed E-state index contributed by atoms with van der Waals surface area (Å²) >= 11 is 1.49. The van der Waals surface area contributed by atoms with Gasteiger partial charge in [0.25, 0.3) is 0 Å². The maximum Gasteiger partial charge on any atom is 0.173 e. The van der Waals surface area contributed by atoms with Crippen LogP contribution in [0.3, 0.4) is 0 Å². The zero-order valence-corrected chi connectivity index (χ0v) is 12.5. The minimum Gasteiger partial charge on any atom is -0.493 e. The molecule has 0 radical (unpaired) electrons.